The van der Waals surface area contributed by atoms with E-state index in [0.29, 0.717) is 11.4 Å². The van der Waals surface area contributed by atoms with Gasteiger partial charge in [-0.25, -0.2) is 4.98 Å². The fourth-order valence-electron chi connectivity index (χ4n) is 3.45. The third kappa shape index (κ3) is 3.38. The average Bonchev–Trinajstić information content (AvgIpc) is 3.07. The maximum absolute atomic E-state index is 10.4. The van der Waals surface area contributed by atoms with E-state index in [1.54, 1.807) is 6.07 Å². The van der Waals surface area contributed by atoms with Crippen LogP contribution in [-0.2, 0) is 4.74 Å². The minimum Gasteiger partial charge on any atom is -0.508 e. The molecule has 1 fully saturated rings. The largest absolute Gasteiger partial charge is 0.508 e. The van der Waals surface area contributed by atoms with Crippen molar-refractivity contribution in [1.82, 2.24) is 14.9 Å². The molecule has 0 amide bonds. The fourth-order valence-corrected chi connectivity index (χ4v) is 3.45. The normalized spacial score (nSPS) is 17.6. The van der Waals surface area contributed by atoms with Crippen LogP contribution in [0.5, 0.6) is 11.5 Å². The van der Waals surface area contributed by atoms with Crippen LogP contribution < -0.4 is 0 Å². The molecule has 3 N–H and O–H groups in total. The first-order valence-electron chi connectivity index (χ1n) is 8.90. The highest BCUT2D eigenvalue weighted by molar-refractivity contribution is 5.75. The van der Waals surface area contributed by atoms with Crippen molar-refractivity contribution in [1.29, 1.82) is 0 Å². The van der Waals surface area contributed by atoms with E-state index in [-0.39, 0.29) is 17.6 Å². The molecule has 4 rings (SSSR count). The van der Waals surface area contributed by atoms with E-state index in [1.807, 2.05) is 24.3 Å². The summed E-state index contributed by atoms with van der Waals surface area (Å²) in [6.07, 6.45) is 1.36. The zero-order chi connectivity index (χ0) is 18.1. The fraction of sp³-hybridized carbons (Fsp3) is 0.350. The minimum absolute atomic E-state index is 0.0751. The van der Waals surface area contributed by atoms with Gasteiger partial charge in [0.1, 0.15) is 23.4 Å². The number of phenolic OH excluding ortho intramolecular Hbond substituents is 2. The van der Waals surface area contributed by atoms with Gasteiger partial charge in [0.25, 0.3) is 0 Å². The summed E-state index contributed by atoms with van der Waals surface area (Å²) in [5, 5.41) is 20.3. The summed E-state index contributed by atoms with van der Waals surface area (Å²) >= 11 is 0. The minimum atomic E-state index is -0.567. The average molecular weight is 353 g/mol. The number of fused-ring (bicyclic) bond motifs is 1. The van der Waals surface area contributed by atoms with Crippen LogP contribution in [0.4, 0.5) is 0 Å². The smallest absolute Gasteiger partial charge is 0.144 e. The number of nitrogens with zero attached hydrogens (tertiary/aromatic N) is 2. The summed E-state index contributed by atoms with van der Waals surface area (Å²) in [7, 11) is 2.11. The van der Waals surface area contributed by atoms with Gasteiger partial charge in [0.15, 0.2) is 0 Å². The molecule has 1 unspecified atom stereocenters. The van der Waals surface area contributed by atoms with Crippen LogP contribution in [0.25, 0.3) is 11.0 Å². The molecule has 1 aliphatic heterocycles. The predicted molar refractivity (Wildman–Crippen MR) is 99.3 cm³/mol. The zero-order valence-corrected chi connectivity index (χ0v) is 14.7. The molecule has 3 aromatic rings. The number of benzene rings is 2. The number of imidazole rings is 1. The Balaban J connectivity index is 1.72. The van der Waals surface area contributed by atoms with Gasteiger partial charge in [-0.05, 0) is 50.2 Å². The molecule has 2 aromatic carbocycles. The molecule has 6 nitrogen and oxygen atoms in total. The van der Waals surface area contributed by atoms with E-state index < -0.39 is 6.10 Å². The van der Waals surface area contributed by atoms with Crippen molar-refractivity contribution >= 4 is 11.0 Å². The third-order valence-electron chi connectivity index (χ3n) is 4.94. The van der Waals surface area contributed by atoms with Crippen LogP contribution >= 0.6 is 0 Å². The highest BCUT2D eigenvalue weighted by atomic mass is 16.5. The monoisotopic (exact) mass is 353 g/mol. The predicted octanol–water partition coefficient (Wildman–Crippen LogP) is 3.17. The highest BCUT2D eigenvalue weighted by Crippen LogP contribution is 2.36. The van der Waals surface area contributed by atoms with Crippen LogP contribution in [0.3, 0.4) is 0 Å². The topological polar surface area (TPSA) is 81.6 Å². The summed E-state index contributed by atoms with van der Waals surface area (Å²) in [6, 6.07) is 12.3. The van der Waals surface area contributed by atoms with Gasteiger partial charge in [0, 0.05) is 18.7 Å². The van der Waals surface area contributed by atoms with Gasteiger partial charge in [-0.15, -0.1) is 0 Å². The zero-order valence-electron chi connectivity index (χ0n) is 14.7. The number of aromatic nitrogens is 2. The van der Waals surface area contributed by atoms with Crippen LogP contribution in [0, 0.1) is 0 Å². The van der Waals surface area contributed by atoms with Crippen LogP contribution in [0.2, 0.25) is 0 Å². The molecule has 0 saturated carbocycles. The van der Waals surface area contributed by atoms with Gasteiger partial charge in [-0.2, -0.15) is 0 Å². The summed E-state index contributed by atoms with van der Waals surface area (Å²) < 4.78 is 6.39. The number of phenols is 2. The number of para-hydroxylation sites is 2. The Kier molecular flexibility index (Phi) is 4.53. The van der Waals surface area contributed by atoms with Crippen LogP contribution in [0.1, 0.15) is 30.3 Å². The van der Waals surface area contributed by atoms with Gasteiger partial charge < -0.3 is 24.8 Å². The van der Waals surface area contributed by atoms with Crippen molar-refractivity contribution in [2.75, 3.05) is 20.1 Å². The second kappa shape index (κ2) is 6.97. The summed E-state index contributed by atoms with van der Waals surface area (Å²) in [5.41, 5.74) is 2.28. The molecule has 136 valence electrons. The Morgan fingerprint density at radius 3 is 2.69 bits per heavy atom. The van der Waals surface area contributed by atoms with Crippen molar-refractivity contribution in [3.05, 3.63) is 53.9 Å². The number of nitrogens with one attached hydrogen (secondary N) is 1. The molecule has 0 spiro atoms. The lowest BCUT2D eigenvalue weighted by Crippen LogP contribution is -2.35. The standard InChI is InChI=1S/C20H23N3O3/c1-23-10-8-14(9-11-23)26-19(15-12-13(24)6-7-18(15)25)20-21-16-4-2-3-5-17(16)22-20/h2-7,12,14,19,24-25H,8-11H2,1H3,(H,21,22). The molecule has 0 bridgehead atoms. The molecule has 2 heterocycles. The number of rotatable bonds is 4. The molecule has 26 heavy (non-hydrogen) atoms. The highest BCUT2D eigenvalue weighted by Gasteiger charge is 2.28. The molecule has 1 aliphatic rings. The Morgan fingerprint density at radius 2 is 1.92 bits per heavy atom. The van der Waals surface area contributed by atoms with E-state index in [2.05, 4.69) is 21.9 Å². The number of hydrogen-bond acceptors (Lipinski definition) is 5. The Hall–Kier alpha value is -2.57. The molecule has 1 aromatic heterocycles. The van der Waals surface area contributed by atoms with E-state index >= 15 is 0 Å². The van der Waals surface area contributed by atoms with Crippen molar-refractivity contribution < 1.29 is 14.9 Å². The lowest BCUT2D eigenvalue weighted by molar-refractivity contribution is -0.0272. The number of H-pyrrole nitrogens is 1. The molecular formula is C20H23N3O3. The third-order valence-corrected chi connectivity index (χ3v) is 4.94. The van der Waals surface area contributed by atoms with Crippen molar-refractivity contribution in [2.24, 2.45) is 0 Å². The second-order valence-corrected chi connectivity index (χ2v) is 6.90. The van der Waals surface area contributed by atoms with Gasteiger partial charge >= 0.3 is 0 Å². The maximum atomic E-state index is 10.4. The molecular weight excluding hydrogens is 330 g/mol. The van der Waals surface area contributed by atoms with Gasteiger partial charge in [-0.3, -0.25) is 0 Å². The molecule has 0 radical (unpaired) electrons. The maximum Gasteiger partial charge on any atom is 0.144 e. The van der Waals surface area contributed by atoms with Crippen LogP contribution in [-0.4, -0.2) is 51.3 Å². The number of hydrogen-bond donors (Lipinski definition) is 3. The molecule has 0 aliphatic carbocycles. The lowest BCUT2D eigenvalue weighted by Gasteiger charge is -2.31. The first kappa shape index (κ1) is 16.9. The quantitative estimate of drug-likeness (QED) is 0.628. The SMILES string of the molecule is CN1CCC(OC(c2nc3ccccc3[nH]2)c2cc(O)ccc2O)CC1. The number of ether oxygens (including phenoxy) is 1. The Bertz CT molecular complexity index is 867. The van der Waals surface area contributed by atoms with E-state index in [0.717, 1.165) is 37.0 Å². The number of likely N-dealkylation sites (tertiary alicyclic amines) is 1. The first-order valence-corrected chi connectivity index (χ1v) is 8.90. The number of aromatic hydroxyl groups is 2. The first-order chi connectivity index (χ1) is 12.6. The summed E-state index contributed by atoms with van der Waals surface area (Å²) in [4.78, 5) is 10.2. The van der Waals surface area contributed by atoms with Crippen LogP contribution in [0.15, 0.2) is 42.5 Å². The Labute approximate surface area is 152 Å². The second-order valence-electron chi connectivity index (χ2n) is 6.90. The van der Waals surface area contributed by atoms with E-state index in [4.69, 9.17) is 4.74 Å². The van der Waals surface area contributed by atoms with Gasteiger partial charge in [-0.1, -0.05) is 12.1 Å². The number of piperidine rings is 1. The molecule has 1 atom stereocenters. The van der Waals surface area contributed by atoms with Gasteiger partial charge in [0.2, 0.25) is 0 Å². The van der Waals surface area contributed by atoms with Crippen molar-refractivity contribution in [3.63, 3.8) is 0 Å². The molecule has 6 heteroatoms. The lowest BCUT2D eigenvalue weighted by atomic mass is 10.0. The number of aromatic amines is 1. The Morgan fingerprint density at radius 1 is 1.15 bits per heavy atom. The summed E-state index contributed by atoms with van der Waals surface area (Å²) in [5.74, 6) is 0.804. The summed E-state index contributed by atoms with van der Waals surface area (Å²) in [6.45, 7) is 1.95. The van der Waals surface area contributed by atoms with Crippen molar-refractivity contribution in [2.45, 2.75) is 25.0 Å². The van der Waals surface area contributed by atoms with Gasteiger partial charge in [0.05, 0.1) is 17.1 Å². The van der Waals surface area contributed by atoms with E-state index in [9.17, 15) is 10.2 Å². The van der Waals surface area contributed by atoms with Crippen molar-refractivity contribution in [3.8, 4) is 11.5 Å². The molecule has 1 saturated heterocycles. The van der Waals surface area contributed by atoms with E-state index in [1.165, 1.54) is 12.1 Å².